The summed E-state index contributed by atoms with van der Waals surface area (Å²) in [4.78, 5) is 14.6. The van der Waals surface area contributed by atoms with E-state index in [1.807, 2.05) is 26.0 Å². The molecule has 16 heavy (non-hydrogen) atoms. The Bertz CT molecular complexity index is 365. The van der Waals surface area contributed by atoms with Gasteiger partial charge < -0.3 is 10.6 Å². The molecule has 0 aliphatic carbocycles. The van der Waals surface area contributed by atoms with Crippen LogP contribution in [0.2, 0.25) is 4.34 Å². The summed E-state index contributed by atoms with van der Waals surface area (Å²) in [6, 6.07) is 3.33. The first-order valence-corrected chi connectivity index (χ1v) is 6.36. The second-order valence-corrected chi connectivity index (χ2v) is 5.97. The third-order valence-electron chi connectivity index (χ3n) is 2.40. The molecule has 0 unspecified atom stereocenters. The quantitative estimate of drug-likeness (QED) is 0.903. The number of thiophene rings is 1. The maximum atomic E-state index is 11.9. The molecule has 90 valence electrons. The molecule has 0 spiro atoms. The minimum atomic E-state index is -0.430. The van der Waals surface area contributed by atoms with Crippen molar-refractivity contribution in [2.75, 3.05) is 7.05 Å². The van der Waals surface area contributed by atoms with E-state index in [2.05, 4.69) is 0 Å². The van der Waals surface area contributed by atoms with Crippen LogP contribution in [0.5, 0.6) is 0 Å². The van der Waals surface area contributed by atoms with Gasteiger partial charge in [-0.15, -0.1) is 11.3 Å². The Kier molecular flexibility index (Phi) is 4.77. The van der Waals surface area contributed by atoms with Gasteiger partial charge in [-0.3, -0.25) is 4.79 Å². The van der Waals surface area contributed by atoms with E-state index in [0.29, 0.717) is 6.54 Å². The third-order valence-corrected chi connectivity index (χ3v) is 3.62. The maximum Gasteiger partial charge on any atom is 0.239 e. The first kappa shape index (κ1) is 13.5. The molecule has 0 radical (unpaired) electrons. The second-order valence-electron chi connectivity index (χ2n) is 4.17. The molecule has 0 aromatic carbocycles. The highest BCUT2D eigenvalue weighted by molar-refractivity contribution is 7.16. The number of carbonyl (C=O) groups is 1. The second kappa shape index (κ2) is 5.66. The average Bonchev–Trinajstić information content (AvgIpc) is 2.61. The van der Waals surface area contributed by atoms with E-state index >= 15 is 0 Å². The molecule has 2 N–H and O–H groups in total. The van der Waals surface area contributed by atoms with Gasteiger partial charge in [-0.25, -0.2) is 0 Å². The van der Waals surface area contributed by atoms with Gasteiger partial charge in [-0.2, -0.15) is 0 Å². The highest BCUT2D eigenvalue weighted by Gasteiger charge is 2.21. The van der Waals surface area contributed by atoms with E-state index in [1.54, 1.807) is 11.9 Å². The van der Waals surface area contributed by atoms with E-state index in [9.17, 15) is 4.79 Å². The van der Waals surface area contributed by atoms with Gasteiger partial charge in [0.05, 0.1) is 16.9 Å². The molecule has 1 aromatic rings. The fraction of sp³-hybridized carbons (Fsp3) is 0.545. The van der Waals surface area contributed by atoms with Crippen LogP contribution in [-0.4, -0.2) is 23.9 Å². The van der Waals surface area contributed by atoms with Crippen molar-refractivity contribution < 1.29 is 4.79 Å². The molecule has 0 aliphatic rings. The van der Waals surface area contributed by atoms with Crippen LogP contribution in [0, 0.1) is 5.92 Å². The largest absolute Gasteiger partial charge is 0.339 e. The SMILES string of the molecule is CC(C)[C@@H](N)C(=O)N(C)Cc1ccc(Cl)s1. The van der Waals surface area contributed by atoms with Crippen molar-refractivity contribution in [2.45, 2.75) is 26.4 Å². The van der Waals surface area contributed by atoms with Crippen LogP contribution in [-0.2, 0) is 11.3 Å². The van der Waals surface area contributed by atoms with Crippen LogP contribution < -0.4 is 5.73 Å². The number of halogens is 1. The summed E-state index contributed by atoms with van der Waals surface area (Å²) < 4.78 is 0.740. The Balaban J connectivity index is 2.58. The number of carbonyl (C=O) groups excluding carboxylic acids is 1. The number of hydrogen-bond acceptors (Lipinski definition) is 3. The van der Waals surface area contributed by atoms with Gasteiger partial charge in [0, 0.05) is 11.9 Å². The zero-order chi connectivity index (χ0) is 12.3. The van der Waals surface area contributed by atoms with E-state index < -0.39 is 6.04 Å². The number of likely N-dealkylation sites (N-methyl/N-ethyl adjacent to an activating group) is 1. The normalized spacial score (nSPS) is 12.9. The lowest BCUT2D eigenvalue weighted by Crippen LogP contribution is -2.44. The summed E-state index contributed by atoms with van der Waals surface area (Å²) in [5.74, 6) is 0.126. The molecule has 0 fully saturated rings. The molecule has 1 heterocycles. The minimum absolute atomic E-state index is 0.0282. The molecule has 0 saturated carbocycles. The molecular formula is C11H17ClN2OS. The molecule has 1 atom stereocenters. The van der Waals surface area contributed by atoms with Crippen LogP contribution in [0.25, 0.3) is 0 Å². The number of nitrogens with two attached hydrogens (primary N) is 1. The maximum absolute atomic E-state index is 11.9. The van der Waals surface area contributed by atoms with Gasteiger partial charge in [0.15, 0.2) is 0 Å². The van der Waals surface area contributed by atoms with Gasteiger partial charge in [0.1, 0.15) is 0 Å². The fourth-order valence-electron chi connectivity index (χ4n) is 1.29. The first-order valence-electron chi connectivity index (χ1n) is 5.16. The van der Waals surface area contributed by atoms with Crippen molar-refractivity contribution in [2.24, 2.45) is 11.7 Å². The smallest absolute Gasteiger partial charge is 0.239 e. The molecular weight excluding hydrogens is 244 g/mol. The van der Waals surface area contributed by atoms with Gasteiger partial charge in [-0.1, -0.05) is 25.4 Å². The summed E-state index contributed by atoms with van der Waals surface area (Å²) in [6.07, 6.45) is 0. The zero-order valence-corrected chi connectivity index (χ0v) is 11.3. The molecule has 3 nitrogen and oxygen atoms in total. The third kappa shape index (κ3) is 3.47. The molecule has 1 rings (SSSR count). The van der Waals surface area contributed by atoms with Crippen LogP contribution in [0.1, 0.15) is 18.7 Å². The summed E-state index contributed by atoms with van der Waals surface area (Å²) in [7, 11) is 1.76. The van der Waals surface area contributed by atoms with Crippen LogP contribution in [0.3, 0.4) is 0 Å². The van der Waals surface area contributed by atoms with Crippen LogP contribution in [0.15, 0.2) is 12.1 Å². The number of amides is 1. The minimum Gasteiger partial charge on any atom is -0.339 e. The molecule has 5 heteroatoms. The van der Waals surface area contributed by atoms with Crippen LogP contribution >= 0.6 is 22.9 Å². The molecule has 0 aliphatic heterocycles. The molecule has 1 aromatic heterocycles. The Hall–Kier alpha value is -0.580. The molecule has 0 saturated heterocycles. The standard InChI is InChI=1S/C11H17ClN2OS/c1-7(2)10(13)11(15)14(3)6-8-4-5-9(12)16-8/h4-5,7,10H,6,13H2,1-3H3/t10-/m1/s1. The summed E-state index contributed by atoms with van der Waals surface area (Å²) in [5.41, 5.74) is 5.81. The van der Waals surface area contributed by atoms with Gasteiger partial charge >= 0.3 is 0 Å². The lowest BCUT2D eigenvalue weighted by atomic mass is 10.0. The first-order chi connectivity index (χ1) is 7.41. The van der Waals surface area contributed by atoms with E-state index in [-0.39, 0.29) is 11.8 Å². The van der Waals surface area contributed by atoms with E-state index in [1.165, 1.54) is 11.3 Å². The van der Waals surface area contributed by atoms with Crippen molar-refractivity contribution in [3.8, 4) is 0 Å². The molecule has 1 amide bonds. The number of nitrogens with zero attached hydrogens (tertiary/aromatic N) is 1. The Labute approximate surface area is 105 Å². The van der Waals surface area contributed by atoms with Crippen molar-refractivity contribution in [1.82, 2.24) is 4.90 Å². The van der Waals surface area contributed by atoms with Crippen LogP contribution in [0.4, 0.5) is 0 Å². The predicted molar refractivity (Wildman–Crippen MR) is 68.6 cm³/mol. The number of hydrogen-bond donors (Lipinski definition) is 1. The monoisotopic (exact) mass is 260 g/mol. The number of rotatable bonds is 4. The molecule has 0 bridgehead atoms. The topological polar surface area (TPSA) is 46.3 Å². The lowest BCUT2D eigenvalue weighted by molar-refractivity contribution is -0.132. The highest BCUT2D eigenvalue weighted by Crippen LogP contribution is 2.22. The van der Waals surface area contributed by atoms with Gasteiger partial charge in [0.25, 0.3) is 0 Å². The van der Waals surface area contributed by atoms with E-state index in [4.69, 9.17) is 17.3 Å². The summed E-state index contributed by atoms with van der Waals surface area (Å²) in [5, 5.41) is 0. The van der Waals surface area contributed by atoms with Crippen molar-refractivity contribution >= 4 is 28.8 Å². The predicted octanol–water partition coefficient (Wildman–Crippen LogP) is 2.34. The average molecular weight is 261 g/mol. The fourth-order valence-corrected chi connectivity index (χ4v) is 2.43. The van der Waals surface area contributed by atoms with Gasteiger partial charge in [0.2, 0.25) is 5.91 Å². The Morgan fingerprint density at radius 1 is 1.56 bits per heavy atom. The van der Waals surface area contributed by atoms with Crippen molar-refractivity contribution in [3.63, 3.8) is 0 Å². The Morgan fingerprint density at radius 2 is 2.19 bits per heavy atom. The lowest BCUT2D eigenvalue weighted by Gasteiger charge is -2.22. The highest BCUT2D eigenvalue weighted by atomic mass is 35.5. The van der Waals surface area contributed by atoms with Gasteiger partial charge in [-0.05, 0) is 18.1 Å². The Morgan fingerprint density at radius 3 is 2.62 bits per heavy atom. The summed E-state index contributed by atoms with van der Waals surface area (Å²) in [6.45, 7) is 4.45. The zero-order valence-electron chi connectivity index (χ0n) is 9.74. The van der Waals surface area contributed by atoms with Crippen molar-refractivity contribution in [1.29, 1.82) is 0 Å². The van der Waals surface area contributed by atoms with Crippen molar-refractivity contribution in [3.05, 3.63) is 21.3 Å². The summed E-state index contributed by atoms with van der Waals surface area (Å²) >= 11 is 7.31. The van der Waals surface area contributed by atoms with E-state index in [0.717, 1.165) is 9.21 Å².